The van der Waals surface area contributed by atoms with E-state index in [0.717, 1.165) is 27.8 Å². The number of ether oxygens (including phenoxy) is 1. The zero-order valence-corrected chi connectivity index (χ0v) is 18.5. The monoisotopic (exact) mass is 481 g/mol. The summed E-state index contributed by atoms with van der Waals surface area (Å²) in [5.74, 6) is -0.0272. The lowest BCUT2D eigenvalue weighted by Crippen LogP contribution is -2.36. The van der Waals surface area contributed by atoms with Crippen molar-refractivity contribution in [1.29, 1.82) is 0 Å². The van der Waals surface area contributed by atoms with Crippen LogP contribution >= 0.6 is 15.9 Å². The van der Waals surface area contributed by atoms with Crippen LogP contribution in [0.25, 0.3) is 11.1 Å². The topological polar surface area (TPSA) is 78.8 Å². The molecule has 2 unspecified atom stereocenters. The van der Waals surface area contributed by atoms with Crippen LogP contribution in [0.3, 0.4) is 0 Å². The quantitative estimate of drug-likeness (QED) is 0.433. The zero-order chi connectivity index (χ0) is 21.8. The Kier molecular flexibility index (Phi) is 6.70. The normalized spacial score (nSPS) is 14.4. The van der Waals surface area contributed by atoms with Crippen molar-refractivity contribution < 1.29 is 19.7 Å². The van der Waals surface area contributed by atoms with Gasteiger partial charge in [0.1, 0.15) is 18.8 Å². The summed E-state index contributed by atoms with van der Waals surface area (Å²) in [6.45, 7) is 0.0855. The van der Waals surface area contributed by atoms with Gasteiger partial charge in [0.05, 0.1) is 0 Å². The molecule has 0 saturated carbocycles. The van der Waals surface area contributed by atoms with Crippen LogP contribution in [0.4, 0.5) is 4.79 Å². The second-order valence-corrected chi connectivity index (χ2v) is 8.16. The Morgan fingerprint density at radius 2 is 1.61 bits per heavy atom. The minimum absolute atomic E-state index is 0.0272. The Balaban J connectivity index is 1.33. The van der Waals surface area contributed by atoms with Crippen molar-refractivity contribution >= 4 is 22.0 Å². The van der Waals surface area contributed by atoms with Crippen molar-refractivity contribution in [3.8, 4) is 11.1 Å². The van der Waals surface area contributed by atoms with Crippen LogP contribution in [0.1, 0.15) is 34.3 Å². The molecule has 0 heterocycles. The Bertz CT molecular complexity index is 1030. The molecule has 4 rings (SSSR count). The summed E-state index contributed by atoms with van der Waals surface area (Å²) in [7, 11) is 0. The van der Waals surface area contributed by atoms with Gasteiger partial charge >= 0.3 is 6.09 Å². The van der Waals surface area contributed by atoms with Crippen LogP contribution in [0, 0.1) is 0 Å². The fourth-order valence-corrected chi connectivity index (χ4v) is 4.38. The van der Waals surface area contributed by atoms with Crippen molar-refractivity contribution in [2.45, 2.75) is 23.5 Å². The summed E-state index contributed by atoms with van der Waals surface area (Å²) in [5.41, 5.74) is 6.19. The van der Waals surface area contributed by atoms with Crippen LogP contribution in [0.2, 0.25) is 0 Å². The van der Waals surface area contributed by atoms with E-state index in [2.05, 4.69) is 45.5 Å². The van der Waals surface area contributed by atoms with Gasteiger partial charge in [-0.25, -0.2) is 4.79 Å². The number of halogens is 1. The predicted octanol–water partition coefficient (Wildman–Crippen LogP) is 4.51. The molecule has 1 aliphatic rings. The van der Waals surface area contributed by atoms with Crippen LogP contribution in [0.15, 0.2) is 72.8 Å². The van der Waals surface area contributed by atoms with Crippen LogP contribution in [-0.2, 0) is 10.1 Å². The number of carbonyl (C=O) groups is 1. The summed E-state index contributed by atoms with van der Waals surface area (Å²) < 4.78 is 5.46. The molecule has 0 fully saturated rings. The highest BCUT2D eigenvalue weighted by atomic mass is 79.9. The first kappa shape index (κ1) is 21.6. The van der Waals surface area contributed by atoms with Crippen molar-refractivity contribution in [2.75, 3.05) is 13.2 Å². The van der Waals surface area contributed by atoms with E-state index >= 15 is 0 Å². The number of fused-ring (bicyclic) bond motifs is 3. The molecule has 0 radical (unpaired) electrons. The molecule has 3 aromatic carbocycles. The molecule has 0 aliphatic heterocycles. The zero-order valence-electron chi connectivity index (χ0n) is 16.9. The Hall–Kier alpha value is -2.67. The molecule has 1 amide bonds. The van der Waals surface area contributed by atoms with E-state index in [1.807, 2.05) is 42.5 Å². The molecule has 3 N–H and O–H groups in total. The lowest BCUT2D eigenvalue weighted by Gasteiger charge is -2.20. The third-order valence-electron chi connectivity index (χ3n) is 5.61. The molecular weight excluding hydrogens is 458 g/mol. The lowest BCUT2D eigenvalue weighted by atomic mass is 9.98. The van der Waals surface area contributed by atoms with Crippen LogP contribution in [0.5, 0.6) is 0 Å². The van der Waals surface area contributed by atoms with Gasteiger partial charge in [0.25, 0.3) is 0 Å². The smallest absolute Gasteiger partial charge is 0.407 e. The maximum atomic E-state index is 12.3. The third kappa shape index (κ3) is 4.66. The van der Waals surface area contributed by atoms with Gasteiger partial charge in [-0.2, -0.15) is 0 Å². The molecule has 5 nitrogen and oxygen atoms in total. The Morgan fingerprint density at radius 1 is 0.968 bits per heavy atom. The number of carbonyl (C=O) groups excluding carboxylic acids is 1. The Morgan fingerprint density at radius 3 is 2.26 bits per heavy atom. The molecule has 1 aliphatic carbocycles. The second kappa shape index (κ2) is 9.64. The summed E-state index contributed by atoms with van der Waals surface area (Å²) in [4.78, 5) is 12.3. The van der Waals surface area contributed by atoms with E-state index in [4.69, 9.17) is 4.74 Å². The number of nitrogens with one attached hydrogen (secondary N) is 1. The Labute approximate surface area is 189 Å². The molecule has 31 heavy (non-hydrogen) atoms. The fourth-order valence-electron chi connectivity index (χ4n) is 4.03. The van der Waals surface area contributed by atoms with E-state index < -0.39 is 18.3 Å². The molecule has 0 bridgehead atoms. The van der Waals surface area contributed by atoms with Gasteiger partial charge in [-0.05, 0) is 33.4 Å². The number of alkyl halides is 1. The van der Waals surface area contributed by atoms with Crippen molar-refractivity contribution in [3.05, 3.63) is 95.1 Å². The maximum absolute atomic E-state index is 12.3. The second-order valence-electron chi connectivity index (χ2n) is 7.60. The molecule has 2 atom stereocenters. The highest BCUT2D eigenvalue weighted by Crippen LogP contribution is 2.44. The molecule has 0 aromatic heterocycles. The SMILES string of the molecule is O=C(NCC(O)C(O)c1cccc(CBr)c1)OCC1c2ccccc2-c2ccccc21. The standard InChI is InChI=1S/C25H24BrNO4/c26-13-16-6-5-7-17(12-16)24(29)23(28)14-27-25(30)31-15-22-20-10-3-1-8-18(20)19-9-2-4-11-21(19)22/h1-12,22-24,28-29H,13-15H2,(H,27,30). The molecular formula is C25H24BrNO4. The highest BCUT2D eigenvalue weighted by Gasteiger charge is 2.29. The number of hydrogen-bond donors (Lipinski definition) is 3. The van der Waals surface area contributed by atoms with Gasteiger partial charge in [0.15, 0.2) is 0 Å². The van der Waals surface area contributed by atoms with Gasteiger partial charge in [-0.3, -0.25) is 0 Å². The number of benzene rings is 3. The van der Waals surface area contributed by atoms with Gasteiger partial charge in [0.2, 0.25) is 0 Å². The van der Waals surface area contributed by atoms with Gasteiger partial charge in [0, 0.05) is 17.8 Å². The molecule has 3 aromatic rings. The molecule has 0 saturated heterocycles. The average molecular weight is 482 g/mol. The number of aliphatic hydroxyl groups is 2. The van der Waals surface area contributed by atoms with Gasteiger partial charge in [-0.15, -0.1) is 0 Å². The predicted molar refractivity (Wildman–Crippen MR) is 123 cm³/mol. The van der Waals surface area contributed by atoms with Crippen LogP contribution in [-0.4, -0.2) is 35.6 Å². The lowest BCUT2D eigenvalue weighted by molar-refractivity contribution is 0.0185. The number of amides is 1. The number of hydrogen-bond acceptors (Lipinski definition) is 4. The average Bonchev–Trinajstić information content (AvgIpc) is 3.14. The van der Waals surface area contributed by atoms with E-state index in [9.17, 15) is 15.0 Å². The summed E-state index contributed by atoms with van der Waals surface area (Å²) >= 11 is 3.38. The minimum atomic E-state index is -1.15. The van der Waals surface area contributed by atoms with Gasteiger partial charge < -0.3 is 20.3 Å². The van der Waals surface area contributed by atoms with Crippen LogP contribution < -0.4 is 5.32 Å². The maximum Gasteiger partial charge on any atom is 0.407 e. The molecule has 6 heteroatoms. The fraction of sp³-hybridized carbons (Fsp3) is 0.240. The molecule has 160 valence electrons. The van der Waals surface area contributed by atoms with Crippen molar-refractivity contribution in [3.63, 3.8) is 0 Å². The first-order valence-corrected chi connectivity index (χ1v) is 11.3. The first-order valence-electron chi connectivity index (χ1n) is 10.2. The van der Waals surface area contributed by atoms with Crippen molar-refractivity contribution in [2.24, 2.45) is 0 Å². The first-order chi connectivity index (χ1) is 15.1. The van der Waals surface area contributed by atoms with E-state index in [1.54, 1.807) is 6.07 Å². The highest BCUT2D eigenvalue weighted by molar-refractivity contribution is 9.08. The van der Waals surface area contributed by atoms with E-state index in [1.165, 1.54) is 0 Å². The number of alkyl carbamates (subject to hydrolysis) is 1. The van der Waals surface area contributed by atoms with Crippen molar-refractivity contribution in [1.82, 2.24) is 5.32 Å². The largest absolute Gasteiger partial charge is 0.449 e. The minimum Gasteiger partial charge on any atom is -0.449 e. The van der Waals surface area contributed by atoms with E-state index in [0.29, 0.717) is 10.9 Å². The number of aliphatic hydroxyl groups excluding tert-OH is 2. The number of rotatable bonds is 7. The summed E-state index contributed by atoms with van der Waals surface area (Å²) in [6.07, 6.45) is -2.87. The van der Waals surface area contributed by atoms with Gasteiger partial charge in [-0.1, -0.05) is 88.7 Å². The molecule has 0 spiro atoms. The summed E-state index contributed by atoms with van der Waals surface area (Å²) in [6, 6.07) is 23.6. The summed E-state index contributed by atoms with van der Waals surface area (Å²) in [5, 5.41) is 23.9. The van der Waals surface area contributed by atoms with E-state index in [-0.39, 0.29) is 19.1 Å². The third-order valence-corrected chi connectivity index (χ3v) is 6.26.